The Morgan fingerprint density at radius 3 is 2.83 bits per heavy atom. The lowest BCUT2D eigenvalue weighted by molar-refractivity contribution is -0.385. The van der Waals surface area contributed by atoms with Gasteiger partial charge in [-0.15, -0.1) is 0 Å². The van der Waals surface area contributed by atoms with Crippen LogP contribution >= 0.6 is 11.8 Å². The van der Waals surface area contributed by atoms with Crippen molar-refractivity contribution < 1.29 is 14.8 Å². The summed E-state index contributed by atoms with van der Waals surface area (Å²) in [6.07, 6.45) is 1.92. The van der Waals surface area contributed by atoms with Crippen LogP contribution in [0.5, 0.6) is 5.75 Å². The third-order valence-corrected chi connectivity index (χ3v) is 3.38. The first-order chi connectivity index (χ1) is 8.47. The number of nitro groups is 1. The molecule has 0 aromatic heterocycles. The van der Waals surface area contributed by atoms with Crippen LogP contribution in [0.1, 0.15) is 17.3 Å². The van der Waals surface area contributed by atoms with Gasteiger partial charge in [0.05, 0.1) is 10.5 Å². The predicted octanol–water partition coefficient (Wildman–Crippen LogP) is 1.78. The number of benzene rings is 1. The van der Waals surface area contributed by atoms with Crippen LogP contribution in [0.25, 0.3) is 0 Å². The summed E-state index contributed by atoms with van der Waals surface area (Å²) in [6.45, 7) is 2.38. The second-order valence-electron chi connectivity index (χ2n) is 3.69. The summed E-state index contributed by atoms with van der Waals surface area (Å²) in [5, 5.41) is 23.1. The molecule has 0 radical (unpaired) electrons. The molecule has 0 spiro atoms. The van der Waals surface area contributed by atoms with Gasteiger partial charge in [-0.2, -0.15) is 11.8 Å². The number of amides is 1. The van der Waals surface area contributed by atoms with Crippen molar-refractivity contribution in [2.75, 3.05) is 12.8 Å². The fourth-order valence-corrected chi connectivity index (χ4v) is 1.53. The summed E-state index contributed by atoms with van der Waals surface area (Å²) in [7, 11) is 0. The molecule has 1 atom stereocenters. The number of phenols is 1. The molecule has 0 saturated carbocycles. The number of aromatic hydroxyl groups is 1. The van der Waals surface area contributed by atoms with Gasteiger partial charge >= 0.3 is 5.69 Å². The van der Waals surface area contributed by atoms with Gasteiger partial charge in [0.15, 0.2) is 0 Å². The minimum Gasteiger partial charge on any atom is -0.502 e. The minimum absolute atomic E-state index is 0.0856. The highest BCUT2D eigenvalue weighted by Gasteiger charge is 2.20. The molecule has 0 saturated heterocycles. The van der Waals surface area contributed by atoms with Crippen molar-refractivity contribution in [2.24, 2.45) is 0 Å². The van der Waals surface area contributed by atoms with Crippen LogP contribution in [0.3, 0.4) is 0 Å². The van der Waals surface area contributed by atoms with Gasteiger partial charge in [-0.3, -0.25) is 14.9 Å². The maximum absolute atomic E-state index is 11.8. The molecule has 1 aromatic carbocycles. The predicted molar refractivity (Wildman–Crippen MR) is 70.1 cm³/mol. The quantitative estimate of drug-likeness (QED) is 0.628. The van der Waals surface area contributed by atoms with Crippen molar-refractivity contribution in [3.8, 4) is 5.75 Å². The number of hydrogen-bond donors (Lipinski definition) is 2. The Morgan fingerprint density at radius 1 is 1.61 bits per heavy atom. The fourth-order valence-electron chi connectivity index (χ4n) is 1.28. The average molecular weight is 270 g/mol. The van der Waals surface area contributed by atoms with Gasteiger partial charge in [0.2, 0.25) is 5.75 Å². The summed E-state index contributed by atoms with van der Waals surface area (Å²) in [6, 6.07) is 3.86. The molecule has 7 heteroatoms. The Bertz CT molecular complexity index is 464. The second-order valence-corrected chi connectivity index (χ2v) is 4.96. The Hall–Kier alpha value is -1.76. The van der Waals surface area contributed by atoms with Crippen LogP contribution in [0.4, 0.5) is 5.69 Å². The van der Waals surface area contributed by atoms with Crippen molar-refractivity contribution in [3.05, 3.63) is 33.9 Å². The molecule has 1 rings (SSSR count). The molecule has 2 N–H and O–H groups in total. The van der Waals surface area contributed by atoms with Gasteiger partial charge in [0.25, 0.3) is 5.91 Å². The van der Waals surface area contributed by atoms with Gasteiger partial charge in [-0.1, -0.05) is 13.0 Å². The van der Waals surface area contributed by atoms with E-state index >= 15 is 0 Å². The van der Waals surface area contributed by atoms with Crippen molar-refractivity contribution in [1.29, 1.82) is 0 Å². The van der Waals surface area contributed by atoms with Gasteiger partial charge in [-0.25, -0.2) is 0 Å². The van der Waals surface area contributed by atoms with E-state index in [0.717, 1.165) is 6.07 Å². The van der Waals surface area contributed by atoms with E-state index in [1.54, 1.807) is 11.8 Å². The zero-order valence-corrected chi connectivity index (χ0v) is 10.9. The van der Waals surface area contributed by atoms with Gasteiger partial charge in [0.1, 0.15) is 0 Å². The summed E-state index contributed by atoms with van der Waals surface area (Å²) in [4.78, 5) is 21.7. The average Bonchev–Trinajstić information content (AvgIpc) is 2.35. The van der Waals surface area contributed by atoms with E-state index in [2.05, 4.69) is 5.32 Å². The number of carbonyl (C=O) groups excluding carboxylic acids is 1. The molecule has 98 valence electrons. The van der Waals surface area contributed by atoms with Crippen LogP contribution < -0.4 is 5.32 Å². The number of phenolic OH excluding ortho intramolecular Hbond substituents is 1. The Kier molecular flexibility index (Phi) is 4.96. The highest BCUT2D eigenvalue weighted by atomic mass is 32.2. The summed E-state index contributed by atoms with van der Waals surface area (Å²) >= 11 is 1.59. The minimum atomic E-state index is -0.726. The molecular weight excluding hydrogens is 256 g/mol. The van der Waals surface area contributed by atoms with Crippen molar-refractivity contribution in [2.45, 2.75) is 12.2 Å². The normalized spacial score (nSPS) is 11.9. The Balaban J connectivity index is 2.86. The van der Waals surface area contributed by atoms with Crippen LogP contribution in [0.15, 0.2) is 18.2 Å². The first-order valence-corrected chi connectivity index (χ1v) is 6.53. The summed E-state index contributed by atoms with van der Waals surface area (Å²) in [5.74, 6) is -1.12. The molecule has 1 amide bonds. The van der Waals surface area contributed by atoms with E-state index in [0.29, 0.717) is 6.54 Å². The van der Waals surface area contributed by atoms with Gasteiger partial charge in [0, 0.05) is 17.9 Å². The maximum Gasteiger partial charge on any atom is 0.311 e. The smallest absolute Gasteiger partial charge is 0.311 e. The van der Waals surface area contributed by atoms with Crippen LogP contribution in [-0.2, 0) is 0 Å². The number of carbonyl (C=O) groups is 1. The highest BCUT2D eigenvalue weighted by Crippen LogP contribution is 2.29. The summed E-state index contributed by atoms with van der Waals surface area (Å²) in [5.41, 5.74) is -0.557. The largest absolute Gasteiger partial charge is 0.502 e. The first-order valence-electron chi connectivity index (χ1n) is 5.24. The van der Waals surface area contributed by atoms with E-state index in [-0.39, 0.29) is 10.8 Å². The van der Waals surface area contributed by atoms with E-state index in [1.807, 2.05) is 13.2 Å². The number of para-hydroxylation sites is 1. The van der Waals surface area contributed by atoms with E-state index < -0.39 is 22.3 Å². The Labute approximate surface area is 109 Å². The van der Waals surface area contributed by atoms with E-state index in [1.165, 1.54) is 12.1 Å². The molecule has 1 unspecified atom stereocenters. The molecule has 18 heavy (non-hydrogen) atoms. The lowest BCUT2D eigenvalue weighted by Gasteiger charge is -2.10. The zero-order chi connectivity index (χ0) is 13.7. The maximum atomic E-state index is 11.8. The molecule has 0 fully saturated rings. The topological polar surface area (TPSA) is 92.5 Å². The first kappa shape index (κ1) is 14.3. The standard InChI is InChI=1S/C11H14N2O4S/c1-7(18-2)6-12-11(15)8-4-3-5-9(10(8)14)13(16)17/h3-5,7,14H,6H2,1-2H3,(H,12,15). The molecule has 0 bridgehead atoms. The van der Waals surface area contributed by atoms with Crippen LogP contribution in [0.2, 0.25) is 0 Å². The molecule has 1 aromatic rings. The number of rotatable bonds is 5. The van der Waals surface area contributed by atoms with Gasteiger partial charge < -0.3 is 10.4 Å². The van der Waals surface area contributed by atoms with E-state index in [9.17, 15) is 20.0 Å². The molecule has 0 heterocycles. The van der Waals surface area contributed by atoms with Crippen molar-refractivity contribution >= 4 is 23.4 Å². The van der Waals surface area contributed by atoms with Crippen LogP contribution in [-0.4, -0.2) is 34.0 Å². The molecule has 0 aliphatic heterocycles. The van der Waals surface area contributed by atoms with Crippen molar-refractivity contribution in [3.63, 3.8) is 0 Å². The second kappa shape index (κ2) is 6.25. The number of thioether (sulfide) groups is 1. The fraction of sp³-hybridized carbons (Fsp3) is 0.364. The molecular formula is C11H14N2O4S. The number of hydrogen-bond acceptors (Lipinski definition) is 5. The number of nitro benzene ring substituents is 1. The SMILES string of the molecule is CSC(C)CNC(=O)c1cccc([N+](=O)[O-])c1O. The van der Waals surface area contributed by atoms with E-state index in [4.69, 9.17) is 0 Å². The Morgan fingerprint density at radius 2 is 2.28 bits per heavy atom. The molecule has 6 nitrogen and oxygen atoms in total. The monoisotopic (exact) mass is 270 g/mol. The van der Waals surface area contributed by atoms with Gasteiger partial charge in [-0.05, 0) is 12.3 Å². The lowest BCUT2D eigenvalue weighted by Crippen LogP contribution is -2.29. The number of nitrogens with zero attached hydrogens (tertiary/aromatic N) is 1. The third kappa shape index (κ3) is 3.36. The zero-order valence-electron chi connectivity index (χ0n) is 10.0. The molecule has 0 aliphatic rings. The summed E-state index contributed by atoms with van der Waals surface area (Å²) < 4.78 is 0. The third-order valence-electron chi connectivity index (χ3n) is 2.41. The number of nitrogens with one attached hydrogen (secondary N) is 1. The van der Waals surface area contributed by atoms with Crippen LogP contribution in [0, 0.1) is 10.1 Å². The lowest BCUT2D eigenvalue weighted by atomic mass is 10.1. The molecule has 0 aliphatic carbocycles. The van der Waals surface area contributed by atoms with Crippen molar-refractivity contribution in [1.82, 2.24) is 5.32 Å². The highest BCUT2D eigenvalue weighted by molar-refractivity contribution is 7.99.